The number of carboxylic acids is 2. The number of halogens is 3. The van der Waals surface area contributed by atoms with Crippen LogP contribution in [0, 0.1) is 5.41 Å². The van der Waals surface area contributed by atoms with Crippen LogP contribution in [0.5, 0.6) is 5.75 Å². The molecule has 0 amide bonds. The van der Waals surface area contributed by atoms with Crippen molar-refractivity contribution in [2.24, 2.45) is 5.41 Å². The molecule has 0 fully saturated rings. The maximum absolute atomic E-state index is 11.4. The number of anilines is 1. The van der Waals surface area contributed by atoms with E-state index in [0.29, 0.717) is 6.61 Å². The molecule has 36 heavy (non-hydrogen) atoms. The van der Waals surface area contributed by atoms with E-state index in [1.54, 1.807) is 6.20 Å². The number of ether oxygens (including phenoxy) is 1. The number of alkyl halides is 3. The van der Waals surface area contributed by atoms with Crippen LogP contribution in [0.15, 0.2) is 48.8 Å². The fourth-order valence-corrected chi connectivity index (χ4v) is 3.51. The van der Waals surface area contributed by atoms with Gasteiger partial charge in [0.25, 0.3) is 0 Å². The first-order valence-electron chi connectivity index (χ1n) is 11.2. The van der Waals surface area contributed by atoms with Gasteiger partial charge in [0.05, 0.1) is 13.0 Å². The number of hydrogen-bond donors (Lipinski definition) is 4. The Labute approximate surface area is 206 Å². The van der Waals surface area contributed by atoms with Crippen LogP contribution in [0.25, 0.3) is 10.9 Å². The highest BCUT2D eigenvalue weighted by Crippen LogP contribution is 2.41. The molecule has 2 heterocycles. The molecule has 8 nitrogen and oxygen atoms in total. The minimum Gasteiger partial charge on any atom is -0.493 e. The number of carboxylic acid groups (broad SMARTS) is 2. The summed E-state index contributed by atoms with van der Waals surface area (Å²) in [6.45, 7) is 7.62. The molecule has 0 spiro atoms. The number of pyridine rings is 1. The summed E-state index contributed by atoms with van der Waals surface area (Å²) in [7, 11) is 0. The average Bonchev–Trinajstić information content (AvgIpc) is 3.19. The Kier molecular flexibility index (Phi) is 9.71. The Hall–Kier alpha value is -3.76. The number of fused-ring (bicyclic) bond motifs is 1. The van der Waals surface area contributed by atoms with Crippen LogP contribution in [0.2, 0.25) is 0 Å². The second-order valence-electron chi connectivity index (χ2n) is 9.11. The Balaban J connectivity index is 0.000000572. The second-order valence-corrected chi connectivity index (χ2v) is 9.11. The lowest BCUT2D eigenvalue weighted by Crippen LogP contribution is -2.21. The van der Waals surface area contributed by atoms with Crippen LogP contribution in [0.3, 0.4) is 0 Å². The number of nitrogens with one attached hydrogen (secondary N) is 2. The van der Waals surface area contributed by atoms with E-state index >= 15 is 0 Å². The van der Waals surface area contributed by atoms with Crippen molar-refractivity contribution in [3.8, 4) is 5.75 Å². The highest BCUT2D eigenvalue weighted by atomic mass is 19.4. The van der Waals surface area contributed by atoms with Crippen molar-refractivity contribution in [2.45, 2.75) is 45.7 Å². The van der Waals surface area contributed by atoms with Crippen molar-refractivity contribution < 1.29 is 37.7 Å². The Morgan fingerprint density at radius 3 is 2.39 bits per heavy atom. The van der Waals surface area contributed by atoms with Crippen molar-refractivity contribution in [2.75, 3.05) is 18.5 Å². The fourth-order valence-electron chi connectivity index (χ4n) is 3.51. The summed E-state index contributed by atoms with van der Waals surface area (Å²) >= 11 is 0. The molecule has 3 aromatic rings. The van der Waals surface area contributed by atoms with Crippen LogP contribution >= 0.6 is 0 Å². The van der Waals surface area contributed by atoms with Gasteiger partial charge < -0.3 is 25.3 Å². The fraction of sp³-hybridized carbons (Fsp3) is 0.400. The molecule has 196 valence electrons. The molecule has 2 aromatic heterocycles. The van der Waals surface area contributed by atoms with Crippen LogP contribution in [-0.4, -0.2) is 51.4 Å². The van der Waals surface area contributed by atoms with Crippen LogP contribution < -0.4 is 10.1 Å². The first-order valence-corrected chi connectivity index (χ1v) is 11.2. The topological polar surface area (TPSA) is 125 Å². The smallest absolute Gasteiger partial charge is 0.490 e. The lowest BCUT2D eigenvalue weighted by molar-refractivity contribution is -0.192. The molecule has 0 saturated carbocycles. The van der Waals surface area contributed by atoms with Gasteiger partial charge in [0.1, 0.15) is 11.6 Å². The Bertz CT molecular complexity index is 1140. The number of H-pyrrole nitrogens is 1. The summed E-state index contributed by atoms with van der Waals surface area (Å²) < 4.78 is 37.6. The second kappa shape index (κ2) is 12.3. The number of hydrogen-bond acceptors (Lipinski definition) is 5. The van der Waals surface area contributed by atoms with E-state index < -0.39 is 18.1 Å². The maximum atomic E-state index is 11.4. The summed E-state index contributed by atoms with van der Waals surface area (Å²) in [6.07, 6.45) is -0.420. The summed E-state index contributed by atoms with van der Waals surface area (Å²) in [6, 6.07) is 11.7. The molecule has 11 heteroatoms. The van der Waals surface area contributed by atoms with Crippen molar-refractivity contribution in [1.82, 2.24) is 9.97 Å². The molecule has 4 N–H and O–H groups in total. The summed E-state index contributed by atoms with van der Waals surface area (Å²) in [4.78, 5) is 27.8. The quantitative estimate of drug-likeness (QED) is 0.274. The molecule has 1 atom stereocenters. The van der Waals surface area contributed by atoms with E-state index in [4.69, 9.17) is 14.6 Å². The number of benzene rings is 1. The number of aliphatic carboxylic acids is 2. The van der Waals surface area contributed by atoms with Gasteiger partial charge in [-0.25, -0.2) is 9.78 Å². The lowest BCUT2D eigenvalue weighted by Gasteiger charge is -2.29. The molecule has 0 aliphatic heterocycles. The van der Waals surface area contributed by atoms with E-state index in [1.165, 1.54) is 0 Å². The van der Waals surface area contributed by atoms with Crippen molar-refractivity contribution in [1.29, 1.82) is 0 Å². The van der Waals surface area contributed by atoms with Gasteiger partial charge in [0.2, 0.25) is 0 Å². The normalized spacial score (nSPS) is 12.4. The van der Waals surface area contributed by atoms with Gasteiger partial charge in [-0.15, -0.1) is 0 Å². The number of carbonyl (C=O) groups is 2. The largest absolute Gasteiger partial charge is 0.493 e. The third-order valence-corrected chi connectivity index (χ3v) is 5.29. The van der Waals surface area contributed by atoms with Gasteiger partial charge in [-0.1, -0.05) is 26.8 Å². The zero-order valence-electron chi connectivity index (χ0n) is 20.2. The molecule has 1 aromatic carbocycles. The highest BCUT2D eigenvalue weighted by Gasteiger charge is 2.38. The number of nitrogens with zero attached hydrogens (tertiary/aromatic N) is 1. The maximum Gasteiger partial charge on any atom is 0.490 e. The van der Waals surface area contributed by atoms with E-state index in [1.807, 2.05) is 42.6 Å². The van der Waals surface area contributed by atoms with Crippen LogP contribution in [0.1, 0.15) is 45.1 Å². The van der Waals surface area contributed by atoms with Crippen LogP contribution in [-0.2, 0) is 9.59 Å². The number of rotatable bonds is 9. The summed E-state index contributed by atoms with van der Waals surface area (Å²) in [5, 5.41) is 20.8. The monoisotopic (exact) mass is 509 g/mol. The van der Waals surface area contributed by atoms with E-state index in [0.717, 1.165) is 41.0 Å². The van der Waals surface area contributed by atoms with E-state index in [-0.39, 0.29) is 17.8 Å². The molecule has 0 saturated heterocycles. The predicted molar refractivity (Wildman–Crippen MR) is 129 cm³/mol. The minimum absolute atomic E-state index is 0.0711. The predicted octanol–water partition coefficient (Wildman–Crippen LogP) is 5.68. The van der Waals surface area contributed by atoms with Gasteiger partial charge in [0, 0.05) is 41.8 Å². The molecule has 0 bridgehead atoms. The number of aromatic nitrogens is 2. The number of aromatic amines is 1. The molecular formula is C25H30F3N3O5. The third-order valence-electron chi connectivity index (χ3n) is 5.29. The third kappa shape index (κ3) is 8.79. The zero-order valence-corrected chi connectivity index (χ0v) is 20.2. The van der Waals surface area contributed by atoms with Gasteiger partial charge in [0.15, 0.2) is 0 Å². The average molecular weight is 510 g/mol. The standard InChI is InChI=1S/C23H29N3O3.C2HF3O2/c1-23(2,3)19(14-22(27)28)18-15-26-20-13-16(8-9-17(18)20)29-12-6-11-25-21-7-4-5-10-24-21;3-2(4,5)1(6)7/h4-5,7-10,13,15,19,26H,6,11-12,14H2,1-3H3,(H,24,25)(H,27,28);(H,6,7). The molecular weight excluding hydrogens is 479 g/mol. The molecule has 0 aliphatic carbocycles. The Morgan fingerprint density at radius 1 is 1.14 bits per heavy atom. The molecule has 1 unspecified atom stereocenters. The van der Waals surface area contributed by atoms with Crippen molar-refractivity contribution in [3.05, 3.63) is 54.4 Å². The van der Waals surface area contributed by atoms with Gasteiger partial charge in [-0.2, -0.15) is 13.2 Å². The lowest BCUT2D eigenvalue weighted by atomic mass is 9.74. The Morgan fingerprint density at radius 2 is 1.83 bits per heavy atom. The van der Waals surface area contributed by atoms with Gasteiger partial charge in [-0.05, 0) is 41.7 Å². The van der Waals surface area contributed by atoms with Crippen molar-refractivity contribution >= 4 is 28.7 Å². The van der Waals surface area contributed by atoms with Gasteiger partial charge >= 0.3 is 18.1 Å². The summed E-state index contributed by atoms with van der Waals surface area (Å²) in [5.74, 6) is -1.94. The summed E-state index contributed by atoms with van der Waals surface area (Å²) in [5.41, 5.74) is 1.85. The molecule has 3 rings (SSSR count). The first kappa shape index (κ1) is 28.5. The van der Waals surface area contributed by atoms with Gasteiger partial charge in [-0.3, -0.25) is 4.79 Å². The van der Waals surface area contributed by atoms with E-state index in [9.17, 15) is 23.1 Å². The SMILES string of the molecule is CC(C)(C)C(CC(=O)O)c1c[nH]c2cc(OCCCNc3ccccn3)ccc12.O=C(O)C(F)(F)F. The van der Waals surface area contributed by atoms with Crippen molar-refractivity contribution in [3.63, 3.8) is 0 Å². The first-order chi connectivity index (χ1) is 16.8. The molecule has 0 radical (unpaired) electrons. The highest BCUT2D eigenvalue weighted by molar-refractivity contribution is 5.85. The van der Waals surface area contributed by atoms with Crippen LogP contribution in [0.4, 0.5) is 19.0 Å². The van der Waals surface area contributed by atoms with E-state index in [2.05, 4.69) is 36.1 Å². The molecule has 0 aliphatic rings. The zero-order chi connectivity index (χ0) is 26.9. The minimum atomic E-state index is -5.08.